The zero-order valence-electron chi connectivity index (χ0n) is 12.0. The Bertz CT molecular complexity index is 712. The number of ether oxygens (including phenoxy) is 1. The van der Waals surface area contributed by atoms with Gasteiger partial charge in [0.2, 0.25) is 0 Å². The standard InChI is InChI=1S/C15H13F4N3O/c1-9-8-10(2-7-13(9)16)14(20)22-21-11-3-5-12(6-4-11)23-15(17,18)19/h2-8,21H,1H3,(H2,20,22). The van der Waals surface area contributed by atoms with Crippen molar-refractivity contribution in [2.45, 2.75) is 13.3 Å². The lowest BCUT2D eigenvalue weighted by molar-refractivity contribution is -0.274. The number of hydrazone groups is 1. The van der Waals surface area contributed by atoms with Crippen LogP contribution in [0.1, 0.15) is 11.1 Å². The Morgan fingerprint density at radius 3 is 2.35 bits per heavy atom. The lowest BCUT2D eigenvalue weighted by Crippen LogP contribution is -2.17. The number of benzene rings is 2. The maximum atomic E-state index is 13.2. The van der Waals surface area contributed by atoms with Crippen molar-refractivity contribution in [3.8, 4) is 5.75 Å². The number of halogens is 4. The monoisotopic (exact) mass is 327 g/mol. The third-order valence-corrected chi connectivity index (χ3v) is 2.85. The van der Waals surface area contributed by atoms with Crippen LogP contribution in [0.5, 0.6) is 5.75 Å². The predicted molar refractivity (Wildman–Crippen MR) is 78.6 cm³/mol. The molecule has 4 nitrogen and oxygen atoms in total. The van der Waals surface area contributed by atoms with E-state index in [1.807, 2.05) is 0 Å². The van der Waals surface area contributed by atoms with Gasteiger partial charge in [-0.05, 0) is 55.0 Å². The van der Waals surface area contributed by atoms with Crippen LogP contribution in [0.25, 0.3) is 0 Å². The van der Waals surface area contributed by atoms with Gasteiger partial charge in [0.25, 0.3) is 0 Å². The number of rotatable bonds is 4. The van der Waals surface area contributed by atoms with Gasteiger partial charge in [-0.2, -0.15) is 5.10 Å². The molecule has 0 bridgehead atoms. The molecular formula is C15H13F4N3O. The number of aryl methyl sites for hydroxylation is 1. The van der Waals surface area contributed by atoms with Crippen LogP contribution < -0.4 is 15.9 Å². The first-order valence-electron chi connectivity index (χ1n) is 6.46. The highest BCUT2D eigenvalue weighted by Gasteiger charge is 2.30. The first-order chi connectivity index (χ1) is 10.7. The van der Waals surface area contributed by atoms with Gasteiger partial charge in [-0.25, -0.2) is 4.39 Å². The third-order valence-electron chi connectivity index (χ3n) is 2.85. The molecule has 8 heteroatoms. The summed E-state index contributed by atoms with van der Waals surface area (Å²) in [7, 11) is 0. The largest absolute Gasteiger partial charge is 0.573 e. The second-order valence-electron chi connectivity index (χ2n) is 4.64. The quantitative estimate of drug-likeness (QED) is 0.389. The van der Waals surface area contributed by atoms with Crippen LogP contribution in [-0.4, -0.2) is 12.2 Å². The summed E-state index contributed by atoms with van der Waals surface area (Å²) in [5.74, 6) is -0.576. The molecule has 0 amide bonds. The van der Waals surface area contributed by atoms with Crippen LogP contribution in [0, 0.1) is 12.7 Å². The van der Waals surface area contributed by atoms with E-state index in [4.69, 9.17) is 5.73 Å². The highest BCUT2D eigenvalue weighted by Crippen LogP contribution is 2.23. The van der Waals surface area contributed by atoms with Gasteiger partial charge in [0, 0.05) is 5.56 Å². The summed E-state index contributed by atoms with van der Waals surface area (Å²) < 4.78 is 53.1. The first kappa shape index (κ1) is 16.6. The van der Waals surface area contributed by atoms with Crippen molar-refractivity contribution in [2.24, 2.45) is 10.8 Å². The Hall–Kier alpha value is -2.77. The summed E-state index contributed by atoms with van der Waals surface area (Å²) in [6, 6.07) is 9.28. The van der Waals surface area contributed by atoms with E-state index in [-0.39, 0.29) is 17.4 Å². The molecule has 0 saturated carbocycles. The smallest absolute Gasteiger partial charge is 0.406 e. The molecule has 0 saturated heterocycles. The Morgan fingerprint density at radius 1 is 1.13 bits per heavy atom. The minimum absolute atomic E-state index is 0.115. The second kappa shape index (κ2) is 6.55. The molecule has 0 radical (unpaired) electrons. The molecular weight excluding hydrogens is 314 g/mol. The van der Waals surface area contributed by atoms with Gasteiger partial charge in [-0.1, -0.05) is 0 Å². The van der Waals surface area contributed by atoms with Crippen molar-refractivity contribution in [1.29, 1.82) is 0 Å². The molecule has 0 heterocycles. The van der Waals surface area contributed by atoms with Gasteiger partial charge in [0.1, 0.15) is 11.6 Å². The summed E-state index contributed by atoms with van der Waals surface area (Å²) in [6.07, 6.45) is -4.74. The number of nitrogens with two attached hydrogens (primary N) is 1. The normalized spacial score (nSPS) is 12.1. The summed E-state index contributed by atoms with van der Waals surface area (Å²) in [6.45, 7) is 1.60. The van der Waals surface area contributed by atoms with E-state index in [1.165, 1.54) is 30.3 Å². The fourth-order valence-electron chi connectivity index (χ4n) is 1.72. The molecule has 2 rings (SSSR count). The van der Waals surface area contributed by atoms with Crippen molar-refractivity contribution in [3.63, 3.8) is 0 Å². The zero-order chi connectivity index (χ0) is 17.0. The fraction of sp³-hybridized carbons (Fsp3) is 0.133. The summed E-state index contributed by atoms with van der Waals surface area (Å²) in [4.78, 5) is 0. The Labute approximate surface area is 129 Å². The molecule has 23 heavy (non-hydrogen) atoms. The second-order valence-corrected chi connectivity index (χ2v) is 4.64. The number of alkyl halides is 3. The van der Waals surface area contributed by atoms with Gasteiger partial charge in [-0.15, -0.1) is 13.2 Å². The zero-order valence-corrected chi connectivity index (χ0v) is 12.0. The van der Waals surface area contributed by atoms with Crippen LogP contribution in [-0.2, 0) is 0 Å². The molecule has 2 aromatic rings. The van der Waals surface area contributed by atoms with E-state index in [0.717, 1.165) is 12.1 Å². The van der Waals surface area contributed by atoms with E-state index in [0.29, 0.717) is 16.8 Å². The molecule has 122 valence electrons. The number of hydrogen-bond donors (Lipinski definition) is 2. The van der Waals surface area contributed by atoms with E-state index in [9.17, 15) is 17.6 Å². The Balaban J connectivity index is 2.05. The van der Waals surface area contributed by atoms with Crippen molar-refractivity contribution in [2.75, 3.05) is 5.43 Å². The van der Waals surface area contributed by atoms with E-state index >= 15 is 0 Å². The maximum Gasteiger partial charge on any atom is 0.573 e. The maximum absolute atomic E-state index is 13.2. The topological polar surface area (TPSA) is 59.6 Å². The molecule has 0 unspecified atom stereocenters. The highest BCUT2D eigenvalue weighted by atomic mass is 19.4. The van der Waals surface area contributed by atoms with Gasteiger partial charge in [0.05, 0.1) is 5.69 Å². The lowest BCUT2D eigenvalue weighted by atomic mass is 10.1. The molecule has 0 aliphatic rings. The van der Waals surface area contributed by atoms with Gasteiger partial charge >= 0.3 is 6.36 Å². The molecule has 0 aliphatic heterocycles. The number of hydrogen-bond acceptors (Lipinski definition) is 3. The average molecular weight is 327 g/mol. The molecule has 0 aromatic heterocycles. The summed E-state index contributed by atoms with van der Waals surface area (Å²) >= 11 is 0. The van der Waals surface area contributed by atoms with Gasteiger partial charge in [0.15, 0.2) is 5.84 Å². The molecule has 0 atom stereocenters. The van der Waals surface area contributed by atoms with E-state index in [2.05, 4.69) is 15.3 Å². The number of nitrogens with zero attached hydrogens (tertiary/aromatic N) is 1. The molecule has 0 spiro atoms. The van der Waals surface area contributed by atoms with Crippen LogP contribution in [0.2, 0.25) is 0 Å². The minimum Gasteiger partial charge on any atom is -0.406 e. The Morgan fingerprint density at radius 2 is 1.78 bits per heavy atom. The molecule has 0 fully saturated rings. The van der Waals surface area contributed by atoms with Crippen LogP contribution in [0.4, 0.5) is 23.2 Å². The van der Waals surface area contributed by atoms with Gasteiger partial charge in [-0.3, -0.25) is 5.43 Å². The summed E-state index contributed by atoms with van der Waals surface area (Å²) in [5, 5.41) is 3.90. The van der Waals surface area contributed by atoms with E-state index < -0.39 is 6.36 Å². The van der Waals surface area contributed by atoms with E-state index in [1.54, 1.807) is 6.92 Å². The number of amidine groups is 1. The van der Waals surface area contributed by atoms with Crippen molar-refractivity contribution in [3.05, 3.63) is 59.4 Å². The predicted octanol–water partition coefficient (Wildman–Crippen LogP) is 3.77. The van der Waals surface area contributed by atoms with Crippen molar-refractivity contribution >= 4 is 11.5 Å². The number of nitrogens with one attached hydrogen (secondary N) is 1. The molecule has 0 aliphatic carbocycles. The summed E-state index contributed by atoms with van der Waals surface area (Å²) in [5.41, 5.74) is 9.73. The van der Waals surface area contributed by atoms with Gasteiger partial charge < -0.3 is 10.5 Å². The number of anilines is 1. The minimum atomic E-state index is -4.74. The van der Waals surface area contributed by atoms with Crippen LogP contribution >= 0.6 is 0 Å². The molecule has 2 aromatic carbocycles. The Kier molecular flexibility index (Phi) is 4.73. The lowest BCUT2D eigenvalue weighted by Gasteiger charge is -2.09. The van der Waals surface area contributed by atoms with Crippen molar-refractivity contribution < 1.29 is 22.3 Å². The van der Waals surface area contributed by atoms with Crippen molar-refractivity contribution in [1.82, 2.24) is 0 Å². The van der Waals surface area contributed by atoms with Crippen LogP contribution in [0.3, 0.4) is 0 Å². The first-order valence-corrected chi connectivity index (χ1v) is 6.46. The SMILES string of the molecule is Cc1cc(/C(N)=N/Nc2ccc(OC(F)(F)F)cc2)ccc1F. The highest BCUT2D eigenvalue weighted by molar-refractivity contribution is 5.98. The molecule has 3 N–H and O–H groups in total. The fourth-order valence-corrected chi connectivity index (χ4v) is 1.72. The average Bonchev–Trinajstić information content (AvgIpc) is 2.47. The van der Waals surface area contributed by atoms with Crippen LogP contribution in [0.15, 0.2) is 47.6 Å². The third kappa shape index (κ3) is 4.87.